The van der Waals surface area contributed by atoms with Crippen LogP contribution in [0.3, 0.4) is 0 Å². The second-order valence-electron chi connectivity index (χ2n) is 1.24. The third-order valence-electron chi connectivity index (χ3n) is 0.440. The summed E-state index contributed by atoms with van der Waals surface area (Å²) in [5.74, 6) is -2.90. The zero-order chi connectivity index (χ0) is 7.28. The van der Waals surface area contributed by atoms with Crippen LogP contribution in [0.15, 0.2) is 0 Å². The molecule has 0 aromatic carbocycles. The molecular weight excluding hydrogens is 152 g/mol. The first-order valence-corrected chi connectivity index (χ1v) is 2.10. The van der Waals surface area contributed by atoms with Gasteiger partial charge in [-0.2, -0.15) is 0 Å². The Labute approximate surface area is 73.1 Å². The van der Waals surface area contributed by atoms with E-state index in [2.05, 4.69) is 4.74 Å². The van der Waals surface area contributed by atoms with Crippen LogP contribution >= 0.6 is 0 Å². The summed E-state index contributed by atoms with van der Waals surface area (Å²) in [6.07, 6.45) is 0. The maximum atomic E-state index is 9.53. The van der Waals surface area contributed by atoms with Crippen molar-refractivity contribution in [3.8, 4) is 0 Å². The zero-order valence-corrected chi connectivity index (χ0v) is 6.58. The fourth-order valence-electron chi connectivity index (χ4n) is 0.218. The summed E-state index contributed by atoms with van der Waals surface area (Å²) >= 11 is 0. The molecule has 0 unspecified atom stereocenters. The van der Waals surface area contributed by atoms with Crippen molar-refractivity contribution in [2.24, 2.45) is 0 Å². The summed E-state index contributed by atoms with van der Waals surface area (Å²) < 4.78 is 4.03. The van der Waals surface area contributed by atoms with Crippen molar-refractivity contribution in [2.45, 2.75) is 0 Å². The third kappa shape index (κ3) is 10.6. The number of hydrogen-bond donors (Lipinski definition) is 0. The SMILES string of the molecule is O=C([O-])COCC(=O)[O-].[Mg+2]. The van der Waals surface area contributed by atoms with E-state index < -0.39 is 25.2 Å². The van der Waals surface area contributed by atoms with E-state index in [-0.39, 0.29) is 23.1 Å². The number of hydrogen-bond acceptors (Lipinski definition) is 5. The second-order valence-corrected chi connectivity index (χ2v) is 1.24. The van der Waals surface area contributed by atoms with Crippen LogP contribution in [0, 0.1) is 0 Å². The first-order valence-electron chi connectivity index (χ1n) is 2.10. The topological polar surface area (TPSA) is 89.5 Å². The van der Waals surface area contributed by atoms with Crippen LogP contribution in [0.4, 0.5) is 0 Å². The molecule has 6 heteroatoms. The van der Waals surface area contributed by atoms with Crippen LogP contribution < -0.4 is 10.2 Å². The monoisotopic (exact) mass is 156 g/mol. The molecule has 0 N–H and O–H groups in total. The Kier molecular flexibility index (Phi) is 8.38. The molecule has 0 amide bonds. The molecule has 0 radical (unpaired) electrons. The van der Waals surface area contributed by atoms with E-state index in [4.69, 9.17) is 0 Å². The van der Waals surface area contributed by atoms with Gasteiger partial charge in [-0.05, 0) is 0 Å². The van der Waals surface area contributed by atoms with Gasteiger partial charge in [0.25, 0.3) is 0 Å². The van der Waals surface area contributed by atoms with Gasteiger partial charge < -0.3 is 24.5 Å². The predicted octanol–water partition coefficient (Wildman–Crippen LogP) is -3.88. The summed E-state index contributed by atoms with van der Waals surface area (Å²) in [4.78, 5) is 19.1. The van der Waals surface area contributed by atoms with E-state index in [0.29, 0.717) is 0 Å². The summed E-state index contributed by atoms with van der Waals surface area (Å²) in [7, 11) is 0. The van der Waals surface area contributed by atoms with Crippen molar-refractivity contribution in [2.75, 3.05) is 13.2 Å². The van der Waals surface area contributed by atoms with Gasteiger partial charge in [-0.3, -0.25) is 0 Å². The molecule has 0 heterocycles. The van der Waals surface area contributed by atoms with Crippen LogP contribution in [0.2, 0.25) is 0 Å². The number of carboxylic acid groups (broad SMARTS) is 2. The molecule has 0 aliphatic rings. The van der Waals surface area contributed by atoms with Crippen LogP contribution in [0.1, 0.15) is 0 Å². The van der Waals surface area contributed by atoms with Crippen LogP contribution in [0.5, 0.6) is 0 Å². The predicted molar refractivity (Wildman–Crippen MR) is 26.6 cm³/mol. The number of carbonyl (C=O) groups is 2. The van der Waals surface area contributed by atoms with Crippen molar-refractivity contribution < 1.29 is 24.5 Å². The van der Waals surface area contributed by atoms with Gasteiger partial charge in [0.2, 0.25) is 0 Å². The van der Waals surface area contributed by atoms with Gasteiger partial charge in [0, 0.05) is 0 Å². The molecule has 0 aliphatic carbocycles. The van der Waals surface area contributed by atoms with Gasteiger partial charge in [0.15, 0.2) is 0 Å². The van der Waals surface area contributed by atoms with Gasteiger partial charge in [-0.25, -0.2) is 0 Å². The first-order chi connectivity index (χ1) is 4.13. The molecule has 0 atom stereocenters. The number of rotatable bonds is 4. The Morgan fingerprint density at radius 3 is 1.60 bits per heavy atom. The number of ether oxygens (including phenoxy) is 1. The molecule has 52 valence electrons. The van der Waals surface area contributed by atoms with E-state index in [0.717, 1.165) is 0 Å². The molecule has 0 saturated heterocycles. The first kappa shape index (κ1) is 12.4. The fraction of sp³-hybridized carbons (Fsp3) is 0.500. The Morgan fingerprint density at radius 2 is 1.40 bits per heavy atom. The van der Waals surface area contributed by atoms with Crippen LogP contribution in [-0.4, -0.2) is 48.2 Å². The van der Waals surface area contributed by atoms with Crippen molar-refractivity contribution in [3.05, 3.63) is 0 Å². The minimum atomic E-state index is -1.45. The van der Waals surface area contributed by atoms with Crippen LogP contribution in [-0.2, 0) is 14.3 Å². The normalized spacial score (nSPS) is 8.00. The van der Waals surface area contributed by atoms with Gasteiger partial charge in [-0.15, -0.1) is 0 Å². The number of carbonyl (C=O) groups excluding carboxylic acids is 2. The Hall–Kier alpha value is -0.334. The minimum absolute atomic E-state index is 0. The number of carboxylic acids is 2. The van der Waals surface area contributed by atoms with Crippen molar-refractivity contribution in [3.63, 3.8) is 0 Å². The van der Waals surface area contributed by atoms with E-state index in [1.807, 2.05) is 0 Å². The Morgan fingerprint density at radius 1 is 1.10 bits per heavy atom. The van der Waals surface area contributed by atoms with Gasteiger partial charge in [0.1, 0.15) is 0 Å². The van der Waals surface area contributed by atoms with Gasteiger partial charge in [-0.1, -0.05) is 0 Å². The summed E-state index contributed by atoms with van der Waals surface area (Å²) in [5, 5.41) is 19.1. The smallest absolute Gasteiger partial charge is 0.548 e. The maximum absolute atomic E-state index is 9.53. The molecule has 0 saturated carbocycles. The standard InChI is InChI=1S/C4H6O5.Mg/c5-3(6)1-9-2-4(7)8;/h1-2H2,(H,5,6)(H,7,8);/q;+2/p-2. The molecule has 10 heavy (non-hydrogen) atoms. The van der Waals surface area contributed by atoms with Crippen molar-refractivity contribution in [1.82, 2.24) is 0 Å². The average molecular weight is 156 g/mol. The molecular formula is C4H4MgO5. The third-order valence-corrected chi connectivity index (χ3v) is 0.440. The molecule has 0 aromatic heterocycles. The summed E-state index contributed by atoms with van der Waals surface area (Å²) in [6, 6.07) is 0. The molecule has 0 aromatic rings. The largest absolute Gasteiger partial charge is 2.00 e. The van der Waals surface area contributed by atoms with E-state index in [1.165, 1.54) is 0 Å². The van der Waals surface area contributed by atoms with Gasteiger partial charge in [0.05, 0.1) is 25.2 Å². The van der Waals surface area contributed by atoms with Crippen LogP contribution in [0.25, 0.3) is 0 Å². The molecule has 0 aliphatic heterocycles. The maximum Gasteiger partial charge on any atom is 2.00 e. The average Bonchev–Trinajstić information content (AvgIpc) is 1.63. The summed E-state index contributed by atoms with van der Waals surface area (Å²) in [5.41, 5.74) is 0. The van der Waals surface area contributed by atoms with E-state index >= 15 is 0 Å². The minimum Gasteiger partial charge on any atom is -0.548 e. The second kappa shape index (κ2) is 6.78. The Balaban J connectivity index is 0. The van der Waals surface area contributed by atoms with Crippen molar-refractivity contribution >= 4 is 35.0 Å². The van der Waals surface area contributed by atoms with E-state index in [9.17, 15) is 19.8 Å². The van der Waals surface area contributed by atoms with Gasteiger partial charge >= 0.3 is 23.1 Å². The molecule has 5 nitrogen and oxygen atoms in total. The quantitative estimate of drug-likeness (QED) is 0.388. The molecule has 0 fully saturated rings. The molecule has 0 spiro atoms. The summed E-state index contributed by atoms with van der Waals surface area (Å²) in [6.45, 7) is -1.43. The van der Waals surface area contributed by atoms with Crippen molar-refractivity contribution in [1.29, 1.82) is 0 Å². The zero-order valence-electron chi connectivity index (χ0n) is 5.16. The van der Waals surface area contributed by atoms with E-state index in [1.54, 1.807) is 0 Å². The number of aliphatic carboxylic acids is 2. The molecule has 0 bridgehead atoms. The Bertz CT molecular complexity index is 109. The fourth-order valence-corrected chi connectivity index (χ4v) is 0.218. The molecule has 0 rings (SSSR count).